The fraction of sp³-hybridized carbons (Fsp3) is 0.125. The van der Waals surface area contributed by atoms with Gasteiger partial charge in [0, 0.05) is 17.4 Å². The molecule has 5 nitrogen and oxygen atoms in total. The third-order valence-electron chi connectivity index (χ3n) is 3.81. The number of nitrogens with zero attached hydrogens (tertiary/aromatic N) is 2. The Balaban J connectivity index is 1.91. The molecule has 1 amide bonds. The van der Waals surface area contributed by atoms with E-state index in [2.05, 4.69) is 10.3 Å². The van der Waals surface area contributed by atoms with Crippen molar-refractivity contribution < 1.29 is 9.53 Å². The molecule has 0 atom stereocenters. The first-order valence-corrected chi connectivity index (χ1v) is 8.11. The molecule has 1 aliphatic heterocycles. The van der Waals surface area contributed by atoms with Gasteiger partial charge in [-0.15, -0.1) is 0 Å². The molecule has 3 heterocycles. The molecule has 0 aliphatic carbocycles. The quantitative estimate of drug-likeness (QED) is 0.717. The van der Waals surface area contributed by atoms with Gasteiger partial charge in [0.15, 0.2) is 4.96 Å². The van der Waals surface area contributed by atoms with Crippen molar-refractivity contribution in [3.63, 3.8) is 0 Å². The third kappa shape index (κ3) is 2.22. The second-order valence-electron chi connectivity index (χ2n) is 5.19. The molecule has 1 aromatic carbocycles. The lowest BCUT2D eigenvalue weighted by molar-refractivity contribution is -0.110. The number of imidazole rings is 1. The normalized spacial score (nSPS) is 15.3. The number of nitrogens with one attached hydrogen (secondary N) is 1. The van der Waals surface area contributed by atoms with Gasteiger partial charge in [0.1, 0.15) is 10.1 Å². The standard InChI is InChI=1S/C16H12ClN3O2S/c1-8-13(20-7-14(17)23-16(20)18-8)6-11-10-5-9(22-2)3-4-12(10)19-15(11)21/h3-7H,1-2H3,(H,19,21)/b11-6+. The Morgan fingerprint density at radius 3 is 3.04 bits per heavy atom. The van der Waals surface area contributed by atoms with Crippen molar-refractivity contribution in [2.45, 2.75) is 6.92 Å². The average Bonchev–Trinajstić information content (AvgIpc) is 3.11. The minimum atomic E-state index is -0.135. The van der Waals surface area contributed by atoms with Crippen LogP contribution in [0.3, 0.4) is 0 Å². The molecular weight excluding hydrogens is 334 g/mol. The van der Waals surface area contributed by atoms with Crippen molar-refractivity contribution in [3.8, 4) is 5.75 Å². The Hall–Kier alpha value is -2.31. The monoisotopic (exact) mass is 345 g/mol. The Bertz CT molecular complexity index is 987. The van der Waals surface area contributed by atoms with Crippen LogP contribution in [0.5, 0.6) is 5.75 Å². The predicted molar refractivity (Wildman–Crippen MR) is 92.3 cm³/mol. The van der Waals surface area contributed by atoms with E-state index in [0.717, 1.165) is 27.6 Å². The van der Waals surface area contributed by atoms with Crippen LogP contribution in [0.15, 0.2) is 24.4 Å². The molecule has 7 heteroatoms. The number of halogens is 1. The molecule has 116 valence electrons. The van der Waals surface area contributed by atoms with Gasteiger partial charge < -0.3 is 10.1 Å². The minimum Gasteiger partial charge on any atom is -0.497 e. The maximum atomic E-state index is 12.3. The van der Waals surface area contributed by atoms with Gasteiger partial charge >= 0.3 is 0 Å². The first kappa shape index (κ1) is 14.3. The van der Waals surface area contributed by atoms with E-state index in [-0.39, 0.29) is 5.91 Å². The number of benzene rings is 1. The number of aromatic nitrogens is 2. The molecule has 1 N–H and O–H groups in total. The number of anilines is 1. The molecule has 0 fully saturated rings. The topological polar surface area (TPSA) is 55.6 Å². The second kappa shape index (κ2) is 5.11. The number of carbonyl (C=O) groups excluding carboxylic acids is 1. The number of carbonyl (C=O) groups is 1. The molecule has 2 aromatic heterocycles. The van der Waals surface area contributed by atoms with Crippen molar-refractivity contribution in [3.05, 3.63) is 45.7 Å². The highest BCUT2D eigenvalue weighted by Gasteiger charge is 2.25. The Morgan fingerprint density at radius 2 is 2.26 bits per heavy atom. The molecule has 0 saturated carbocycles. The molecule has 4 rings (SSSR count). The number of ether oxygens (including phenoxy) is 1. The molecule has 3 aromatic rings. The number of hydrogen-bond donors (Lipinski definition) is 1. The molecule has 0 radical (unpaired) electrons. The zero-order valence-electron chi connectivity index (χ0n) is 12.4. The first-order valence-electron chi connectivity index (χ1n) is 6.92. The highest BCUT2D eigenvalue weighted by Crippen LogP contribution is 2.36. The van der Waals surface area contributed by atoms with Gasteiger partial charge in [0.2, 0.25) is 0 Å². The van der Waals surface area contributed by atoms with E-state index in [1.54, 1.807) is 7.11 Å². The van der Waals surface area contributed by atoms with Crippen LogP contribution in [-0.4, -0.2) is 22.4 Å². The minimum absolute atomic E-state index is 0.135. The number of hydrogen-bond acceptors (Lipinski definition) is 4. The highest BCUT2D eigenvalue weighted by atomic mass is 35.5. The molecule has 0 bridgehead atoms. The van der Waals surface area contributed by atoms with Crippen molar-refractivity contribution in [2.75, 3.05) is 12.4 Å². The number of fused-ring (bicyclic) bond motifs is 2. The van der Waals surface area contributed by atoms with Gasteiger partial charge in [-0.25, -0.2) is 4.98 Å². The lowest BCUT2D eigenvalue weighted by Crippen LogP contribution is -2.03. The summed E-state index contributed by atoms with van der Waals surface area (Å²) in [5.74, 6) is 0.573. The van der Waals surface area contributed by atoms with E-state index < -0.39 is 0 Å². The van der Waals surface area contributed by atoms with E-state index in [1.165, 1.54) is 11.3 Å². The Kier molecular flexibility index (Phi) is 3.18. The van der Waals surface area contributed by atoms with Gasteiger partial charge in [0.25, 0.3) is 5.91 Å². The number of aryl methyl sites for hydroxylation is 1. The largest absolute Gasteiger partial charge is 0.497 e. The summed E-state index contributed by atoms with van der Waals surface area (Å²) in [7, 11) is 1.60. The summed E-state index contributed by atoms with van der Waals surface area (Å²) in [4.78, 5) is 17.6. The van der Waals surface area contributed by atoms with E-state index in [4.69, 9.17) is 16.3 Å². The number of methoxy groups -OCH3 is 1. The summed E-state index contributed by atoms with van der Waals surface area (Å²) in [5.41, 5.74) is 3.90. The van der Waals surface area contributed by atoms with Crippen molar-refractivity contribution in [1.29, 1.82) is 0 Å². The lowest BCUT2D eigenvalue weighted by atomic mass is 10.1. The van der Waals surface area contributed by atoms with Crippen molar-refractivity contribution >= 4 is 51.1 Å². The fourth-order valence-corrected chi connectivity index (χ4v) is 3.76. The third-order valence-corrected chi connectivity index (χ3v) is 4.91. The predicted octanol–water partition coefficient (Wildman–Crippen LogP) is 3.86. The summed E-state index contributed by atoms with van der Waals surface area (Å²) in [6, 6.07) is 5.52. The van der Waals surface area contributed by atoms with Crippen LogP contribution >= 0.6 is 22.9 Å². The van der Waals surface area contributed by atoms with E-state index in [9.17, 15) is 4.79 Å². The summed E-state index contributed by atoms with van der Waals surface area (Å²) in [5, 5.41) is 2.87. The van der Waals surface area contributed by atoms with Crippen LogP contribution in [0.25, 0.3) is 16.6 Å². The SMILES string of the molecule is COc1ccc2c(c1)/C(=C\c1c(C)nc3sc(Cl)cn13)C(=O)N2. The van der Waals surface area contributed by atoms with Crippen molar-refractivity contribution in [1.82, 2.24) is 9.38 Å². The maximum Gasteiger partial charge on any atom is 0.256 e. The molecule has 0 saturated heterocycles. The van der Waals surface area contributed by atoms with Crippen LogP contribution in [0.4, 0.5) is 5.69 Å². The summed E-state index contributed by atoms with van der Waals surface area (Å²) >= 11 is 7.46. The van der Waals surface area contributed by atoms with Crippen LogP contribution in [0.1, 0.15) is 17.0 Å². The second-order valence-corrected chi connectivity index (χ2v) is 6.83. The van der Waals surface area contributed by atoms with E-state index in [1.807, 2.05) is 41.8 Å². The molecule has 23 heavy (non-hydrogen) atoms. The maximum absolute atomic E-state index is 12.3. The molecule has 1 aliphatic rings. The van der Waals surface area contributed by atoms with E-state index in [0.29, 0.717) is 15.7 Å². The zero-order valence-corrected chi connectivity index (χ0v) is 14.0. The van der Waals surface area contributed by atoms with Gasteiger partial charge in [-0.1, -0.05) is 22.9 Å². The van der Waals surface area contributed by atoms with Crippen LogP contribution < -0.4 is 10.1 Å². The Morgan fingerprint density at radius 1 is 1.43 bits per heavy atom. The lowest BCUT2D eigenvalue weighted by Gasteiger charge is -2.03. The number of rotatable bonds is 2. The van der Waals surface area contributed by atoms with E-state index >= 15 is 0 Å². The zero-order chi connectivity index (χ0) is 16.1. The average molecular weight is 346 g/mol. The summed E-state index contributed by atoms with van der Waals surface area (Å²) in [6.07, 6.45) is 3.66. The molecular formula is C16H12ClN3O2S. The van der Waals surface area contributed by atoms with Gasteiger partial charge in [-0.3, -0.25) is 9.20 Å². The first-order chi connectivity index (χ1) is 11.1. The molecule has 0 unspecified atom stereocenters. The van der Waals surface area contributed by atoms with Crippen LogP contribution in [-0.2, 0) is 4.79 Å². The summed E-state index contributed by atoms with van der Waals surface area (Å²) in [6.45, 7) is 1.92. The van der Waals surface area contributed by atoms with Gasteiger partial charge in [0.05, 0.1) is 24.1 Å². The van der Waals surface area contributed by atoms with Crippen LogP contribution in [0, 0.1) is 6.92 Å². The highest BCUT2D eigenvalue weighted by molar-refractivity contribution is 7.20. The number of thiazole rings is 1. The van der Waals surface area contributed by atoms with Gasteiger partial charge in [-0.05, 0) is 31.2 Å². The van der Waals surface area contributed by atoms with Crippen LogP contribution in [0.2, 0.25) is 4.34 Å². The van der Waals surface area contributed by atoms with Crippen molar-refractivity contribution in [2.24, 2.45) is 0 Å². The number of amides is 1. The summed E-state index contributed by atoms with van der Waals surface area (Å²) < 4.78 is 7.82. The van der Waals surface area contributed by atoms with Gasteiger partial charge in [-0.2, -0.15) is 0 Å². The fourth-order valence-electron chi connectivity index (χ4n) is 2.69. The molecule has 0 spiro atoms. The smallest absolute Gasteiger partial charge is 0.256 e. The Labute approximate surface area is 141 Å².